The van der Waals surface area contributed by atoms with E-state index in [0.717, 1.165) is 35.0 Å². The van der Waals surface area contributed by atoms with E-state index in [4.69, 9.17) is 0 Å². The minimum absolute atomic E-state index is 0.135. The number of halogens is 1. The van der Waals surface area contributed by atoms with Gasteiger partial charge in [0, 0.05) is 18.3 Å². The molecule has 0 saturated carbocycles. The molecule has 0 spiro atoms. The molecule has 114 valence electrons. The molecule has 0 amide bonds. The highest BCUT2D eigenvalue weighted by Crippen LogP contribution is 2.25. The van der Waals surface area contributed by atoms with Gasteiger partial charge in [-0.15, -0.1) is 0 Å². The van der Waals surface area contributed by atoms with Crippen LogP contribution in [0.4, 0.5) is 4.39 Å². The van der Waals surface area contributed by atoms with Crippen molar-refractivity contribution in [3.8, 4) is 11.1 Å². The van der Waals surface area contributed by atoms with Gasteiger partial charge in [-0.05, 0) is 42.7 Å². The van der Waals surface area contributed by atoms with Crippen molar-refractivity contribution >= 4 is 11.2 Å². The number of nitrogens with zero attached hydrogens (tertiary/aromatic N) is 2. The third-order valence-electron chi connectivity index (χ3n) is 3.86. The fraction of sp³-hybridized carbons (Fsp3) is 0.294. The van der Waals surface area contributed by atoms with Gasteiger partial charge >= 0.3 is 5.69 Å². The largest absolute Gasteiger partial charge is 0.327 e. The number of benzene rings is 1. The Bertz CT molecular complexity index is 879. The number of unbranched alkanes of at least 4 members (excludes halogenated alkanes) is 1. The Morgan fingerprint density at radius 3 is 2.86 bits per heavy atom. The topological polar surface area (TPSA) is 50.7 Å². The van der Waals surface area contributed by atoms with Crippen LogP contribution in [0, 0.1) is 12.7 Å². The highest BCUT2D eigenvalue weighted by atomic mass is 19.1. The predicted molar refractivity (Wildman–Crippen MR) is 85.4 cm³/mol. The van der Waals surface area contributed by atoms with Crippen molar-refractivity contribution in [1.29, 1.82) is 0 Å². The number of H-pyrrole nitrogens is 1. The normalized spacial score (nSPS) is 11.2. The van der Waals surface area contributed by atoms with Gasteiger partial charge < -0.3 is 0 Å². The van der Waals surface area contributed by atoms with Gasteiger partial charge in [-0.25, -0.2) is 14.2 Å². The molecule has 0 fully saturated rings. The summed E-state index contributed by atoms with van der Waals surface area (Å²) in [7, 11) is 0. The maximum absolute atomic E-state index is 13.3. The number of aromatic amines is 1. The molecule has 0 aliphatic rings. The summed E-state index contributed by atoms with van der Waals surface area (Å²) in [5.41, 5.74) is 3.90. The zero-order valence-electron chi connectivity index (χ0n) is 12.7. The Labute approximate surface area is 127 Å². The van der Waals surface area contributed by atoms with E-state index in [1.165, 1.54) is 12.1 Å². The van der Waals surface area contributed by atoms with Gasteiger partial charge in [0.1, 0.15) is 5.82 Å². The van der Waals surface area contributed by atoms with Gasteiger partial charge in [-0.3, -0.25) is 9.55 Å². The molecule has 5 heteroatoms. The van der Waals surface area contributed by atoms with Crippen molar-refractivity contribution in [3.05, 3.63) is 52.3 Å². The number of hydrogen-bond donors (Lipinski definition) is 1. The molecule has 0 radical (unpaired) electrons. The molecule has 3 rings (SSSR count). The summed E-state index contributed by atoms with van der Waals surface area (Å²) in [6.07, 6.45) is 3.67. The summed E-state index contributed by atoms with van der Waals surface area (Å²) in [4.78, 5) is 19.1. The molecule has 0 saturated heterocycles. The van der Waals surface area contributed by atoms with E-state index in [9.17, 15) is 9.18 Å². The smallest absolute Gasteiger partial charge is 0.290 e. The lowest BCUT2D eigenvalue weighted by molar-refractivity contribution is 0.627. The number of nitrogens with one attached hydrogen (secondary N) is 1. The van der Waals surface area contributed by atoms with Crippen LogP contribution in [-0.2, 0) is 6.54 Å². The summed E-state index contributed by atoms with van der Waals surface area (Å²) >= 11 is 0. The predicted octanol–water partition coefficient (Wildman–Crippen LogP) is 3.64. The standard InChI is InChI=1S/C17H18FN3O/c1-3-4-7-21-15-9-12(10-19-16(15)20-17(21)22)14-6-5-13(18)8-11(14)2/h5-6,8-10H,3-4,7H2,1-2H3,(H,19,20,22). The van der Waals surface area contributed by atoms with Gasteiger partial charge in [0.2, 0.25) is 0 Å². The first kappa shape index (κ1) is 14.5. The number of aromatic nitrogens is 3. The highest BCUT2D eigenvalue weighted by molar-refractivity contribution is 5.79. The minimum Gasteiger partial charge on any atom is -0.290 e. The Balaban J connectivity index is 2.14. The fourth-order valence-electron chi connectivity index (χ4n) is 2.67. The van der Waals surface area contributed by atoms with Crippen molar-refractivity contribution in [3.63, 3.8) is 0 Å². The minimum atomic E-state index is -0.253. The average molecular weight is 299 g/mol. The number of imidazole rings is 1. The molecule has 0 atom stereocenters. The zero-order valence-corrected chi connectivity index (χ0v) is 12.7. The molecule has 4 nitrogen and oxygen atoms in total. The van der Waals surface area contributed by atoms with Crippen LogP contribution in [0.15, 0.2) is 35.3 Å². The van der Waals surface area contributed by atoms with Crippen LogP contribution in [0.5, 0.6) is 0 Å². The van der Waals surface area contributed by atoms with E-state index < -0.39 is 0 Å². The van der Waals surface area contributed by atoms with E-state index >= 15 is 0 Å². The summed E-state index contributed by atoms with van der Waals surface area (Å²) in [5.74, 6) is -0.253. The van der Waals surface area contributed by atoms with Crippen LogP contribution >= 0.6 is 0 Å². The Kier molecular flexibility index (Phi) is 3.79. The number of hydrogen-bond acceptors (Lipinski definition) is 2. The molecular formula is C17H18FN3O. The first-order valence-electron chi connectivity index (χ1n) is 7.45. The second-order valence-electron chi connectivity index (χ2n) is 5.49. The van der Waals surface area contributed by atoms with Gasteiger partial charge in [0.05, 0.1) is 5.52 Å². The summed E-state index contributed by atoms with van der Waals surface area (Å²) in [6, 6.07) is 6.62. The van der Waals surface area contributed by atoms with Crippen molar-refractivity contribution in [2.24, 2.45) is 0 Å². The third-order valence-corrected chi connectivity index (χ3v) is 3.86. The van der Waals surface area contributed by atoms with Gasteiger partial charge in [-0.2, -0.15) is 0 Å². The molecule has 1 N–H and O–H groups in total. The number of fused-ring (bicyclic) bond motifs is 1. The van der Waals surface area contributed by atoms with Crippen LogP contribution in [0.25, 0.3) is 22.3 Å². The molecule has 0 bridgehead atoms. The van der Waals surface area contributed by atoms with Gasteiger partial charge in [0.15, 0.2) is 5.65 Å². The lowest BCUT2D eigenvalue weighted by atomic mass is 10.0. The quantitative estimate of drug-likeness (QED) is 0.799. The second kappa shape index (κ2) is 5.75. The van der Waals surface area contributed by atoms with Crippen LogP contribution in [0.1, 0.15) is 25.3 Å². The van der Waals surface area contributed by atoms with E-state index in [1.54, 1.807) is 16.8 Å². The zero-order chi connectivity index (χ0) is 15.7. The van der Waals surface area contributed by atoms with Crippen molar-refractivity contribution < 1.29 is 4.39 Å². The maximum Gasteiger partial charge on any atom is 0.327 e. The molecule has 3 aromatic rings. The van der Waals surface area contributed by atoms with Gasteiger partial charge in [0.25, 0.3) is 0 Å². The fourth-order valence-corrected chi connectivity index (χ4v) is 2.67. The average Bonchev–Trinajstić information content (AvgIpc) is 2.80. The molecule has 0 aliphatic carbocycles. The lowest BCUT2D eigenvalue weighted by Gasteiger charge is -2.07. The van der Waals surface area contributed by atoms with Crippen molar-refractivity contribution in [2.45, 2.75) is 33.2 Å². The molecule has 2 heterocycles. The lowest BCUT2D eigenvalue weighted by Crippen LogP contribution is -2.16. The molecule has 22 heavy (non-hydrogen) atoms. The number of aryl methyl sites for hydroxylation is 2. The third kappa shape index (κ3) is 2.54. The maximum atomic E-state index is 13.3. The molecule has 1 aromatic carbocycles. The van der Waals surface area contributed by atoms with Crippen molar-refractivity contribution in [1.82, 2.24) is 14.5 Å². The first-order chi connectivity index (χ1) is 10.6. The van der Waals surface area contributed by atoms with Crippen LogP contribution in [-0.4, -0.2) is 14.5 Å². The number of pyridine rings is 1. The molecule has 0 aliphatic heterocycles. The van der Waals surface area contributed by atoms with Crippen LogP contribution < -0.4 is 5.69 Å². The van der Waals surface area contributed by atoms with E-state index in [0.29, 0.717) is 12.2 Å². The highest BCUT2D eigenvalue weighted by Gasteiger charge is 2.10. The van der Waals surface area contributed by atoms with Crippen molar-refractivity contribution in [2.75, 3.05) is 0 Å². The van der Waals surface area contributed by atoms with Gasteiger partial charge in [-0.1, -0.05) is 19.4 Å². The molecule has 0 unspecified atom stereocenters. The second-order valence-corrected chi connectivity index (χ2v) is 5.49. The van der Waals surface area contributed by atoms with Crippen LogP contribution in [0.2, 0.25) is 0 Å². The Hall–Kier alpha value is -2.43. The van der Waals surface area contributed by atoms with Crippen LogP contribution in [0.3, 0.4) is 0 Å². The summed E-state index contributed by atoms with van der Waals surface area (Å²) in [6.45, 7) is 4.62. The Morgan fingerprint density at radius 2 is 2.14 bits per heavy atom. The first-order valence-corrected chi connectivity index (χ1v) is 7.45. The number of rotatable bonds is 4. The summed E-state index contributed by atoms with van der Waals surface area (Å²) < 4.78 is 15.0. The molecule has 2 aromatic heterocycles. The van der Waals surface area contributed by atoms with E-state index in [1.807, 2.05) is 13.0 Å². The Morgan fingerprint density at radius 1 is 1.32 bits per heavy atom. The summed E-state index contributed by atoms with van der Waals surface area (Å²) in [5, 5.41) is 0. The monoisotopic (exact) mass is 299 g/mol. The molecular weight excluding hydrogens is 281 g/mol. The SMILES string of the molecule is CCCCn1c(=O)[nH]c2ncc(-c3ccc(F)cc3C)cc21. The van der Waals surface area contributed by atoms with E-state index in [2.05, 4.69) is 16.9 Å². The van der Waals surface area contributed by atoms with E-state index in [-0.39, 0.29) is 11.5 Å².